The lowest BCUT2D eigenvalue weighted by Crippen LogP contribution is -2.37. The number of carbonyl (C=O) groups excluding carboxylic acids is 1. The third kappa shape index (κ3) is 4.57. The molecule has 0 radical (unpaired) electrons. The van der Waals surface area contributed by atoms with Gasteiger partial charge in [-0.1, -0.05) is 23.2 Å². The average Bonchev–Trinajstić information content (AvgIpc) is 3.16. The lowest BCUT2D eigenvalue weighted by molar-refractivity contribution is 0.0940. The molecule has 1 saturated heterocycles. The molecule has 162 valence electrons. The number of aromatic hydroxyl groups is 1. The van der Waals surface area contributed by atoms with Crippen molar-refractivity contribution >= 4 is 59.0 Å². The van der Waals surface area contributed by atoms with Crippen LogP contribution in [-0.2, 0) is 0 Å². The van der Waals surface area contributed by atoms with Crippen molar-refractivity contribution in [2.45, 2.75) is 12.5 Å². The van der Waals surface area contributed by atoms with Gasteiger partial charge in [0.05, 0.1) is 39.5 Å². The second kappa shape index (κ2) is 9.23. The average molecular weight is 462 g/mol. The molecule has 0 spiro atoms. The van der Waals surface area contributed by atoms with Gasteiger partial charge in [0.2, 0.25) is 0 Å². The first-order valence-corrected chi connectivity index (χ1v) is 10.0. The molecule has 0 aromatic heterocycles. The fraction of sp³-hybridized carbons (Fsp3) is 0.200. The predicted octanol–water partition coefficient (Wildman–Crippen LogP) is 3.01. The monoisotopic (exact) mass is 461 g/mol. The highest BCUT2D eigenvalue weighted by molar-refractivity contribution is 6.35. The number of benzene rings is 2. The molecule has 1 heterocycles. The Morgan fingerprint density at radius 1 is 1.23 bits per heavy atom. The highest BCUT2D eigenvalue weighted by Gasteiger charge is 2.28. The number of anilines is 2. The summed E-state index contributed by atoms with van der Waals surface area (Å²) < 4.78 is 0. The van der Waals surface area contributed by atoms with Crippen molar-refractivity contribution in [2.24, 2.45) is 5.73 Å². The number of amides is 1. The van der Waals surface area contributed by atoms with E-state index in [0.717, 1.165) is 12.7 Å². The topological polar surface area (TPSA) is 153 Å². The number of nitrogens with one attached hydrogen (secondary N) is 4. The van der Waals surface area contributed by atoms with Gasteiger partial charge in [0.15, 0.2) is 5.75 Å². The zero-order chi connectivity index (χ0) is 22.7. The van der Waals surface area contributed by atoms with Gasteiger partial charge in [0, 0.05) is 24.8 Å². The number of nitrogens with zero attached hydrogens (tertiary/aromatic N) is 2. The predicted molar refractivity (Wildman–Crippen MR) is 124 cm³/mol. The lowest BCUT2D eigenvalue weighted by Gasteiger charge is -2.22. The van der Waals surface area contributed by atoms with Crippen LogP contribution in [0.3, 0.4) is 0 Å². The van der Waals surface area contributed by atoms with Gasteiger partial charge in [-0.3, -0.25) is 25.9 Å². The van der Waals surface area contributed by atoms with Gasteiger partial charge >= 0.3 is 0 Å². The van der Waals surface area contributed by atoms with Crippen LogP contribution in [0.25, 0.3) is 0 Å². The van der Waals surface area contributed by atoms with Crippen molar-refractivity contribution in [3.8, 4) is 5.75 Å². The number of phenolic OH excluding ortho intramolecular Hbond substituents is 1. The van der Waals surface area contributed by atoms with Crippen molar-refractivity contribution in [3.63, 3.8) is 0 Å². The standard InChI is InChI=1S/C20H21Cl2N7O2/c21-14-3-4-16(18(30)17(14)19(25)26)28-6-5-11(8-28)27-20(31)13-2-1-12(7-15(13)22)29(9-23)10-24/h1-4,7,9-11,23-24,30H,5-6,8H2,(H3,25,26)(H,27,31). The Morgan fingerprint density at radius 2 is 1.94 bits per heavy atom. The number of nitrogens with two attached hydrogens (primary N) is 1. The first kappa shape index (κ1) is 22.4. The summed E-state index contributed by atoms with van der Waals surface area (Å²) in [7, 11) is 0. The van der Waals surface area contributed by atoms with E-state index >= 15 is 0 Å². The molecule has 11 heteroatoms. The van der Waals surface area contributed by atoms with E-state index in [1.807, 2.05) is 4.90 Å². The highest BCUT2D eigenvalue weighted by atomic mass is 35.5. The second-order valence-corrected chi connectivity index (χ2v) is 7.75. The molecule has 1 aliphatic heterocycles. The van der Waals surface area contributed by atoms with Crippen LogP contribution in [0.1, 0.15) is 22.3 Å². The van der Waals surface area contributed by atoms with E-state index < -0.39 is 0 Å². The Balaban J connectivity index is 1.72. The van der Waals surface area contributed by atoms with E-state index in [4.69, 9.17) is 45.2 Å². The van der Waals surface area contributed by atoms with Crippen molar-refractivity contribution in [1.82, 2.24) is 5.32 Å². The maximum absolute atomic E-state index is 12.7. The van der Waals surface area contributed by atoms with Crippen LogP contribution in [0.5, 0.6) is 5.75 Å². The summed E-state index contributed by atoms with van der Waals surface area (Å²) in [6, 6.07) is 7.72. The van der Waals surface area contributed by atoms with Crippen LogP contribution in [0, 0.1) is 16.2 Å². The summed E-state index contributed by atoms with van der Waals surface area (Å²) in [5.74, 6) is -0.826. The van der Waals surface area contributed by atoms with Gasteiger partial charge in [-0.15, -0.1) is 0 Å². The maximum Gasteiger partial charge on any atom is 0.253 e. The van der Waals surface area contributed by atoms with Gasteiger partial charge in [-0.2, -0.15) is 0 Å². The molecular formula is C20H21Cl2N7O2. The Kier molecular flexibility index (Phi) is 6.67. The van der Waals surface area contributed by atoms with Gasteiger partial charge in [0.1, 0.15) is 5.84 Å². The molecule has 1 atom stereocenters. The van der Waals surface area contributed by atoms with Gasteiger partial charge in [-0.05, 0) is 36.8 Å². The second-order valence-electron chi connectivity index (χ2n) is 6.94. The lowest BCUT2D eigenvalue weighted by atomic mass is 10.1. The van der Waals surface area contributed by atoms with Gasteiger partial charge in [0.25, 0.3) is 5.91 Å². The third-order valence-corrected chi connectivity index (χ3v) is 5.64. The molecule has 31 heavy (non-hydrogen) atoms. The van der Waals surface area contributed by atoms with Crippen LogP contribution >= 0.6 is 23.2 Å². The molecule has 3 rings (SSSR count). The zero-order valence-corrected chi connectivity index (χ0v) is 17.8. The quantitative estimate of drug-likeness (QED) is 0.276. The number of nitrogen functional groups attached to an aromatic ring is 1. The summed E-state index contributed by atoms with van der Waals surface area (Å²) in [4.78, 5) is 15.8. The van der Waals surface area contributed by atoms with E-state index in [-0.39, 0.29) is 44.7 Å². The molecular weight excluding hydrogens is 441 g/mol. The molecule has 2 aromatic rings. The van der Waals surface area contributed by atoms with Crippen molar-refractivity contribution in [1.29, 1.82) is 16.2 Å². The Labute approximate surface area is 188 Å². The van der Waals surface area contributed by atoms with Crippen LogP contribution in [-0.4, -0.2) is 48.7 Å². The van der Waals surface area contributed by atoms with E-state index in [9.17, 15) is 9.90 Å². The number of carbonyl (C=O) groups is 1. The minimum Gasteiger partial charge on any atom is -0.505 e. The van der Waals surface area contributed by atoms with Crippen LogP contribution < -0.4 is 20.9 Å². The molecule has 1 aliphatic rings. The fourth-order valence-corrected chi connectivity index (χ4v) is 3.98. The zero-order valence-electron chi connectivity index (χ0n) is 16.3. The fourth-order valence-electron chi connectivity index (χ4n) is 3.46. The Bertz CT molecular complexity index is 1050. The third-order valence-electron chi connectivity index (χ3n) is 5.01. The molecule has 2 aromatic carbocycles. The van der Waals surface area contributed by atoms with Crippen molar-refractivity contribution in [2.75, 3.05) is 22.9 Å². The smallest absolute Gasteiger partial charge is 0.253 e. The summed E-state index contributed by atoms with van der Waals surface area (Å²) in [6.45, 7) is 1.03. The molecule has 1 fully saturated rings. The van der Waals surface area contributed by atoms with Crippen LogP contribution in [0.15, 0.2) is 30.3 Å². The van der Waals surface area contributed by atoms with Gasteiger partial charge < -0.3 is 21.1 Å². The van der Waals surface area contributed by atoms with E-state index in [1.54, 1.807) is 24.3 Å². The van der Waals surface area contributed by atoms with Crippen LogP contribution in [0.4, 0.5) is 11.4 Å². The number of halogens is 2. The number of hydrogen-bond donors (Lipinski definition) is 6. The number of hydrogen-bond acceptors (Lipinski definition) is 6. The summed E-state index contributed by atoms with van der Waals surface area (Å²) in [6.07, 6.45) is 2.58. The van der Waals surface area contributed by atoms with Gasteiger partial charge in [-0.25, -0.2) is 0 Å². The molecule has 1 unspecified atom stereocenters. The Morgan fingerprint density at radius 3 is 2.55 bits per heavy atom. The SMILES string of the molecule is N=CN(C=N)c1ccc(C(=O)NC2CCN(c3ccc(Cl)c(C(=N)N)c3O)C2)c(Cl)c1. The molecule has 9 nitrogen and oxygen atoms in total. The summed E-state index contributed by atoms with van der Waals surface area (Å²) in [5, 5.41) is 36.0. The first-order valence-electron chi connectivity index (χ1n) is 9.27. The van der Waals surface area contributed by atoms with E-state index in [1.165, 1.54) is 11.0 Å². The largest absolute Gasteiger partial charge is 0.505 e. The molecule has 0 saturated carbocycles. The molecule has 0 aliphatic carbocycles. The van der Waals surface area contributed by atoms with E-state index in [0.29, 0.717) is 30.9 Å². The number of amidine groups is 1. The minimum absolute atomic E-state index is 0.0856. The summed E-state index contributed by atoms with van der Waals surface area (Å²) >= 11 is 12.3. The maximum atomic E-state index is 12.7. The molecule has 1 amide bonds. The normalized spacial score (nSPS) is 15.4. The van der Waals surface area contributed by atoms with E-state index in [2.05, 4.69) is 5.32 Å². The first-order chi connectivity index (χ1) is 14.8. The number of rotatable bonds is 7. The molecule has 0 bridgehead atoms. The van der Waals surface area contributed by atoms with Crippen molar-refractivity contribution in [3.05, 3.63) is 51.5 Å². The van der Waals surface area contributed by atoms with Crippen molar-refractivity contribution < 1.29 is 9.90 Å². The summed E-state index contributed by atoms with van der Waals surface area (Å²) in [5.41, 5.74) is 6.89. The minimum atomic E-state index is -0.343. The van der Waals surface area contributed by atoms with Crippen LogP contribution in [0.2, 0.25) is 10.0 Å². The Hall–Kier alpha value is -3.30. The number of phenols is 1. The molecule has 7 N–H and O–H groups in total. The highest BCUT2D eigenvalue weighted by Crippen LogP contribution is 2.37.